The van der Waals surface area contributed by atoms with Crippen LogP contribution in [-0.2, 0) is 20.9 Å². The van der Waals surface area contributed by atoms with Crippen LogP contribution < -0.4 is 5.32 Å². The molecule has 2 rings (SSSR count). The molecule has 26 heavy (non-hydrogen) atoms. The van der Waals surface area contributed by atoms with E-state index in [4.69, 9.17) is 9.84 Å². The van der Waals surface area contributed by atoms with Gasteiger partial charge in [0.1, 0.15) is 0 Å². The molecule has 1 amide bonds. The van der Waals surface area contributed by atoms with Crippen molar-refractivity contribution in [3.05, 3.63) is 64.7 Å². The molecule has 0 saturated carbocycles. The number of hydrogen-bond donors (Lipinski definition) is 2. The summed E-state index contributed by atoms with van der Waals surface area (Å²) in [5.41, 5.74) is 2.42. The van der Waals surface area contributed by atoms with E-state index in [0.29, 0.717) is 16.8 Å². The van der Waals surface area contributed by atoms with E-state index >= 15 is 0 Å². The number of rotatable bonds is 6. The zero-order valence-corrected chi connectivity index (χ0v) is 14.4. The number of carbonyl (C=O) groups excluding carboxylic acids is 3. The van der Waals surface area contributed by atoms with Crippen LogP contribution in [0.4, 0.5) is 5.69 Å². The van der Waals surface area contributed by atoms with Crippen LogP contribution in [0.3, 0.4) is 0 Å². The highest BCUT2D eigenvalue weighted by Crippen LogP contribution is 2.17. The number of benzene rings is 2. The number of carbonyl (C=O) groups is 3. The Balaban J connectivity index is 1.96. The molecule has 0 unspecified atom stereocenters. The highest BCUT2D eigenvalue weighted by molar-refractivity contribution is 5.97. The van der Waals surface area contributed by atoms with Crippen molar-refractivity contribution in [2.75, 3.05) is 19.0 Å². The molecule has 0 aromatic heterocycles. The summed E-state index contributed by atoms with van der Waals surface area (Å²) in [6.45, 7) is 1.18. The number of aryl methyl sites for hydroxylation is 1. The molecule has 7 nitrogen and oxygen atoms in total. The fourth-order valence-corrected chi connectivity index (χ4v) is 2.15. The van der Waals surface area contributed by atoms with E-state index in [1.807, 2.05) is 0 Å². The molecule has 136 valence electrons. The molecule has 2 N–H and O–H groups in total. The lowest BCUT2D eigenvalue weighted by atomic mass is 10.1. The molecule has 0 spiro atoms. The molecule has 0 atom stereocenters. The molecule has 7 heteroatoms. The summed E-state index contributed by atoms with van der Waals surface area (Å²) >= 11 is 0. The Labute approximate surface area is 150 Å². The summed E-state index contributed by atoms with van der Waals surface area (Å²) in [6.07, 6.45) is 0. The molecule has 0 aliphatic carbocycles. The lowest BCUT2D eigenvalue weighted by molar-refractivity contribution is -0.119. The predicted octanol–water partition coefficient (Wildman–Crippen LogP) is 2.07. The van der Waals surface area contributed by atoms with Crippen LogP contribution in [0.15, 0.2) is 42.5 Å². The first-order chi connectivity index (χ1) is 12.4. The van der Waals surface area contributed by atoms with Crippen LogP contribution in [0.25, 0.3) is 0 Å². The summed E-state index contributed by atoms with van der Waals surface area (Å²) in [4.78, 5) is 35.5. The number of ether oxygens (including phenoxy) is 2. The zero-order valence-electron chi connectivity index (χ0n) is 14.4. The van der Waals surface area contributed by atoms with Crippen LogP contribution in [0.5, 0.6) is 0 Å². The smallest absolute Gasteiger partial charge is 0.338 e. The quantitative estimate of drug-likeness (QED) is 0.768. The number of amides is 1. The fraction of sp³-hybridized carbons (Fsp3) is 0.211. The zero-order chi connectivity index (χ0) is 19.1. The number of aliphatic hydroxyl groups is 1. The van der Waals surface area contributed by atoms with Gasteiger partial charge in [0.2, 0.25) is 0 Å². The first kappa shape index (κ1) is 19.1. The molecule has 2 aromatic carbocycles. The minimum atomic E-state index is -0.648. The van der Waals surface area contributed by atoms with Crippen molar-refractivity contribution < 1.29 is 29.0 Å². The summed E-state index contributed by atoms with van der Waals surface area (Å²) in [5.74, 6) is -1.70. The number of hydrogen-bond acceptors (Lipinski definition) is 6. The van der Waals surface area contributed by atoms with Crippen molar-refractivity contribution in [2.24, 2.45) is 0 Å². The van der Waals surface area contributed by atoms with E-state index in [0.717, 1.165) is 5.56 Å². The topological polar surface area (TPSA) is 102 Å². The summed E-state index contributed by atoms with van der Waals surface area (Å²) in [5, 5.41) is 11.6. The monoisotopic (exact) mass is 357 g/mol. The van der Waals surface area contributed by atoms with Crippen molar-refractivity contribution >= 4 is 23.5 Å². The normalized spacial score (nSPS) is 10.1. The third-order valence-corrected chi connectivity index (χ3v) is 3.64. The standard InChI is InChI=1S/C19H19NO6/c1-12-3-6-15(18(23)25-2)9-16(12)20-17(22)11-26-19(24)14-7-4-13(10-21)5-8-14/h3-9,21H,10-11H2,1-2H3,(H,20,22). The Morgan fingerprint density at radius 3 is 2.27 bits per heavy atom. The second kappa shape index (κ2) is 8.77. The Kier molecular flexibility index (Phi) is 6.46. The SMILES string of the molecule is COC(=O)c1ccc(C)c(NC(=O)COC(=O)c2ccc(CO)cc2)c1. The molecule has 0 fully saturated rings. The molecular formula is C19H19NO6. The highest BCUT2D eigenvalue weighted by Gasteiger charge is 2.13. The van der Waals surface area contributed by atoms with E-state index in [1.165, 1.54) is 25.3 Å². The van der Waals surface area contributed by atoms with Gasteiger partial charge in [0.05, 0.1) is 24.8 Å². The molecule has 0 radical (unpaired) electrons. The second-order valence-electron chi connectivity index (χ2n) is 5.50. The summed E-state index contributed by atoms with van der Waals surface area (Å²) in [7, 11) is 1.27. The maximum atomic E-state index is 12.0. The van der Waals surface area contributed by atoms with Crippen LogP contribution >= 0.6 is 0 Å². The van der Waals surface area contributed by atoms with Gasteiger partial charge in [-0.05, 0) is 42.3 Å². The Bertz CT molecular complexity index is 813. The second-order valence-corrected chi connectivity index (χ2v) is 5.50. The molecule has 0 aliphatic rings. The number of aliphatic hydroxyl groups excluding tert-OH is 1. The Morgan fingerprint density at radius 1 is 1.00 bits per heavy atom. The summed E-state index contributed by atoms with van der Waals surface area (Å²) in [6, 6.07) is 11.0. The van der Waals surface area contributed by atoms with Crippen molar-refractivity contribution in [3.8, 4) is 0 Å². The van der Waals surface area contributed by atoms with Crippen molar-refractivity contribution in [3.63, 3.8) is 0 Å². The number of esters is 2. The van der Waals surface area contributed by atoms with Gasteiger partial charge in [-0.3, -0.25) is 4.79 Å². The highest BCUT2D eigenvalue weighted by atomic mass is 16.5. The van der Waals surface area contributed by atoms with Gasteiger partial charge in [-0.2, -0.15) is 0 Å². The molecule has 2 aromatic rings. The minimum Gasteiger partial charge on any atom is -0.465 e. The van der Waals surface area contributed by atoms with Gasteiger partial charge in [0, 0.05) is 5.69 Å². The minimum absolute atomic E-state index is 0.123. The van der Waals surface area contributed by atoms with Crippen LogP contribution in [0.2, 0.25) is 0 Å². The van der Waals surface area contributed by atoms with E-state index in [2.05, 4.69) is 10.1 Å². The van der Waals surface area contributed by atoms with Crippen LogP contribution in [0.1, 0.15) is 31.8 Å². The van der Waals surface area contributed by atoms with E-state index in [9.17, 15) is 14.4 Å². The Morgan fingerprint density at radius 2 is 1.65 bits per heavy atom. The predicted molar refractivity (Wildman–Crippen MR) is 93.8 cm³/mol. The average molecular weight is 357 g/mol. The largest absolute Gasteiger partial charge is 0.465 e. The van der Waals surface area contributed by atoms with E-state index < -0.39 is 24.5 Å². The summed E-state index contributed by atoms with van der Waals surface area (Å²) < 4.78 is 9.61. The van der Waals surface area contributed by atoms with Crippen molar-refractivity contribution in [2.45, 2.75) is 13.5 Å². The fourth-order valence-electron chi connectivity index (χ4n) is 2.15. The van der Waals surface area contributed by atoms with Crippen molar-refractivity contribution in [1.29, 1.82) is 0 Å². The van der Waals surface area contributed by atoms with Crippen LogP contribution in [0, 0.1) is 6.92 Å². The van der Waals surface area contributed by atoms with Gasteiger partial charge in [-0.15, -0.1) is 0 Å². The first-order valence-corrected chi connectivity index (χ1v) is 7.80. The van der Waals surface area contributed by atoms with Crippen LogP contribution in [-0.4, -0.2) is 36.7 Å². The van der Waals surface area contributed by atoms with Gasteiger partial charge < -0.3 is 19.9 Å². The van der Waals surface area contributed by atoms with Gasteiger partial charge >= 0.3 is 11.9 Å². The van der Waals surface area contributed by atoms with Gasteiger partial charge in [0.15, 0.2) is 6.61 Å². The van der Waals surface area contributed by atoms with Gasteiger partial charge in [-0.1, -0.05) is 18.2 Å². The number of nitrogens with one attached hydrogen (secondary N) is 1. The molecule has 0 aliphatic heterocycles. The molecular weight excluding hydrogens is 338 g/mol. The lowest BCUT2D eigenvalue weighted by Gasteiger charge is -2.10. The number of methoxy groups -OCH3 is 1. The molecule has 0 saturated heterocycles. The molecule has 0 heterocycles. The lowest BCUT2D eigenvalue weighted by Crippen LogP contribution is -2.21. The first-order valence-electron chi connectivity index (χ1n) is 7.80. The third-order valence-electron chi connectivity index (χ3n) is 3.64. The van der Waals surface area contributed by atoms with E-state index in [-0.39, 0.29) is 12.2 Å². The Hall–Kier alpha value is -3.19. The maximum Gasteiger partial charge on any atom is 0.338 e. The number of anilines is 1. The third kappa shape index (κ3) is 4.90. The molecule has 0 bridgehead atoms. The maximum absolute atomic E-state index is 12.0. The van der Waals surface area contributed by atoms with Gasteiger partial charge in [-0.25, -0.2) is 9.59 Å². The van der Waals surface area contributed by atoms with Gasteiger partial charge in [0.25, 0.3) is 5.91 Å². The average Bonchev–Trinajstić information content (AvgIpc) is 2.67. The van der Waals surface area contributed by atoms with E-state index in [1.54, 1.807) is 31.2 Å². The van der Waals surface area contributed by atoms with Crippen molar-refractivity contribution in [1.82, 2.24) is 0 Å².